The van der Waals surface area contributed by atoms with Gasteiger partial charge in [0.1, 0.15) is 10.0 Å². The standard InChI is InChI=1S/C33H48Cl8O8Si2/c1-7-44-50(45-8-2,46-9-3)21-17-19-42-18-15-13-14-16-20-43-32-28(38)24(34)22(25(35)29(32)39)23-26(36)30(40)33(31(41)27(23)37)51(47-10-4,48-11-5)49-12-6/h7-21H2,1-6H3. The maximum atomic E-state index is 6.86. The minimum Gasteiger partial charge on any atom is -0.490 e. The smallest absolute Gasteiger partial charge is 0.490 e. The van der Waals surface area contributed by atoms with Gasteiger partial charge in [-0.15, -0.1) is 0 Å². The Kier molecular flexibility index (Phi) is 22.9. The number of hydrogen-bond acceptors (Lipinski definition) is 8. The number of ether oxygens (including phenoxy) is 2. The third kappa shape index (κ3) is 12.6. The van der Waals surface area contributed by atoms with Crippen molar-refractivity contribution < 1.29 is 36.0 Å². The summed E-state index contributed by atoms with van der Waals surface area (Å²) in [7, 11) is -6.28. The summed E-state index contributed by atoms with van der Waals surface area (Å²) in [5.74, 6) is 0.141. The first-order chi connectivity index (χ1) is 24.4. The Labute approximate surface area is 345 Å². The van der Waals surface area contributed by atoms with Crippen LogP contribution in [0, 0.1) is 0 Å². The molecule has 0 heterocycles. The van der Waals surface area contributed by atoms with E-state index in [1.807, 2.05) is 20.8 Å². The van der Waals surface area contributed by atoms with E-state index >= 15 is 0 Å². The summed E-state index contributed by atoms with van der Waals surface area (Å²) in [6, 6.07) is 0.729. The normalized spacial score (nSPS) is 12.3. The minimum atomic E-state index is -3.64. The molecule has 0 aliphatic heterocycles. The van der Waals surface area contributed by atoms with E-state index in [4.69, 9.17) is 129 Å². The lowest BCUT2D eigenvalue weighted by molar-refractivity contribution is 0.0656. The van der Waals surface area contributed by atoms with Crippen molar-refractivity contribution in [2.24, 2.45) is 0 Å². The molecule has 0 saturated carbocycles. The molecular weight excluding hydrogens is 864 g/mol. The van der Waals surface area contributed by atoms with Crippen molar-refractivity contribution in [2.45, 2.75) is 79.7 Å². The Hall–Kier alpha value is 0.714. The zero-order chi connectivity index (χ0) is 38.2. The van der Waals surface area contributed by atoms with Crippen LogP contribution in [0.15, 0.2) is 0 Å². The second-order valence-corrected chi connectivity index (χ2v) is 19.0. The van der Waals surface area contributed by atoms with E-state index in [2.05, 4.69) is 0 Å². The van der Waals surface area contributed by atoms with Crippen molar-refractivity contribution in [3.8, 4) is 16.9 Å². The lowest BCUT2D eigenvalue weighted by Crippen LogP contribution is -2.58. The highest BCUT2D eigenvalue weighted by Crippen LogP contribution is 2.54. The maximum absolute atomic E-state index is 6.86. The summed E-state index contributed by atoms with van der Waals surface area (Å²) in [4.78, 5) is 0. The third-order valence-electron chi connectivity index (χ3n) is 7.34. The van der Waals surface area contributed by atoms with Crippen molar-refractivity contribution in [3.63, 3.8) is 0 Å². The Morgan fingerprint density at radius 3 is 1.20 bits per heavy atom. The average molecular weight is 913 g/mol. The van der Waals surface area contributed by atoms with Crippen LogP contribution in [0.5, 0.6) is 5.75 Å². The molecule has 18 heteroatoms. The number of hydrogen-bond donors (Lipinski definition) is 0. The fourth-order valence-electron chi connectivity index (χ4n) is 5.32. The van der Waals surface area contributed by atoms with Gasteiger partial charge in [0.25, 0.3) is 0 Å². The van der Waals surface area contributed by atoms with Gasteiger partial charge < -0.3 is 36.0 Å². The molecule has 0 aliphatic carbocycles. The van der Waals surface area contributed by atoms with Gasteiger partial charge in [-0.25, -0.2) is 0 Å². The van der Waals surface area contributed by atoms with Gasteiger partial charge in [-0.3, -0.25) is 0 Å². The zero-order valence-electron chi connectivity index (χ0n) is 29.9. The fraction of sp³-hybridized carbons (Fsp3) is 0.636. The molecule has 51 heavy (non-hydrogen) atoms. The number of benzene rings is 2. The largest absolute Gasteiger partial charge is 0.540 e. The van der Waals surface area contributed by atoms with Gasteiger partial charge in [-0.2, -0.15) is 0 Å². The molecule has 0 spiro atoms. The molecule has 2 aromatic carbocycles. The van der Waals surface area contributed by atoms with Crippen LogP contribution in [-0.4, -0.2) is 77.1 Å². The molecule has 0 unspecified atom stereocenters. The number of unbranched alkanes of at least 4 members (excludes halogenated alkanes) is 3. The van der Waals surface area contributed by atoms with Crippen LogP contribution < -0.4 is 9.92 Å². The van der Waals surface area contributed by atoms with Crippen molar-refractivity contribution in [1.29, 1.82) is 0 Å². The highest BCUT2D eigenvalue weighted by atomic mass is 35.5. The molecule has 0 fully saturated rings. The third-order valence-corrected chi connectivity index (χ3v) is 17.3. The Bertz CT molecular complexity index is 1300. The zero-order valence-corrected chi connectivity index (χ0v) is 37.9. The Morgan fingerprint density at radius 2 is 0.784 bits per heavy atom. The topological polar surface area (TPSA) is 73.8 Å². The van der Waals surface area contributed by atoms with E-state index in [0.29, 0.717) is 39.6 Å². The summed E-state index contributed by atoms with van der Waals surface area (Å²) in [6.07, 6.45) is 4.32. The van der Waals surface area contributed by atoms with Crippen LogP contribution >= 0.6 is 92.8 Å². The van der Waals surface area contributed by atoms with E-state index in [9.17, 15) is 0 Å². The molecular formula is C33H48Cl8O8Si2. The van der Waals surface area contributed by atoms with Gasteiger partial charge in [-0.1, -0.05) is 99.2 Å². The van der Waals surface area contributed by atoms with Crippen LogP contribution in [0.1, 0.15) is 73.6 Å². The maximum Gasteiger partial charge on any atom is 0.540 e. The molecule has 0 aromatic heterocycles. The predicted molar refractivity (Wildman–Crippen MR) is 217 cm³/mol. The van der Waals surface area contributed by atoms with Crippen molar-refractivity contribution in [2.75, 3.05) is 59.5 Å². The lowest BCUT2D eigenvalue weighted by atomic mass is 10.0. The average Bonchev–Trinajstić information content (AvgIpc) is 3.09. The molecule has 0 saturated heterocycles. The predicted octanol–water partition coefficient (Wildman–Crippen LogP) is 12.2. The fourth-order valence-corrected chi connectivity index (χ4v) is 13.5. The quantitative estimate of drug-likeness (QED) is 0.0525. The monoisotopic (exact) mass is 908 g/mol. The van der Waals surface area contributed by atoms with Crippen LogP contribution in [0.25, 0.3) is 11.1 Å². The first-order valence-electron chi connectivity index (χ1n) is 17.1. The molecule has 0 N–H and O–H groups in total. The summed E-state index contributed by atoms with van der Waals surface area (Å²) in [5, 5.41) is 0.319. The summed E-state index contributed by atoms with van der Waals surface area (Å²) < 4.78 is 47.5. The minimum absolute atomic E-state index is 0.00788. The van der Waals surface area contributed by atoms with Gasteiger partial charge in [-0.05, 0) is 67.2 Å². The molecule has 0 aliphatic rings. The molecule has 0 atom stereocenters. The molecule has 0 bridgehead atoms. The van der Waals surface area contributed by atoms with E-state index in [0.717, 1.165) is 38.1 Å². The Morgan fingerprint density at radius 1 is 0.412 bits per heavy atom. The summed E-state index contributed by atoms with van der Waals surface area (Å²) in [6.45, 7) is 15.3. The van der Waals surface area contributed by atoms with Crippen molar-refractivity contribution in [1.82, 2.24) is 0 Å². The molecule has 0 amide bonds. The van der Waals surface area contributed by atoms with Gasteiger partial charge in [0.05, 0.1) is 41.9 Å². The van der Waals surface area contributed by atoms with Crippen LogP contribution in [0.4, 0.5) is 0 Å². The summed E-state index contributed by atoms with van der Waals surface area (Å²) >= 11 is 54.4. The highest BCUT2D eigenvalue weighted by molar-refractivity contribution is 6.81. The van der Waals surface area contributed by atoms with Crippen LogP contribution in [-0.2, 0) is 31.3 Å². The van der Waals surface area contributed by atoms with E-state index in [1.54, 1.807) is 20.8 Å². The molecule has 2 rings (SSSR count). The lowest BCUT2D eigenvalue weighted by Gasteiger charge is -2.31. The first-order valence-corrected chi connectivity index (χ1v) is 23.8. The van der Waals surface area contributed by atoms with Crippen molar-refractivity contribution in [3.05, 3.63) is 40.2 Å². The first kappa shape index (κ1) is 47.9. The SMILES string of the molecule is CCO[Si](CCCOCCCCCCOc1c(Cl)c(Cl)c(-c2c(Cl)c(Cl)c([Si](OCC)(OCC)OCC)c(Cl)c2Cl)c(Cl)c1Cl)(OCC)OCC. The molecule has 2 aromatic rings. The number of halogens is 8. The van der Waals surface area contributed by atoms with Gasteiger partial charge >= 0.3 is 17.6 Å². The molecule has 8 nitrogen and oxygen atoms in total. The second-order valence-electron chi connectivity index (χ2n) is 10.8. The highest BCUT2D eigenvalue weighted by Gasteiger charge is 2.49. The van der Waals surface area contributed by atoms with E-state index in [1.165, 1.54) is 0 Å². The van der Waals surface area contributed by atoms with Crippen molar-refractivity contribution >= 4 is 116 Å². The summed E-state index contributed by atoms with van der Waals surface area (Å²) in [5.41, 5.74) is 0.278. The molecule has 0 radical (unpaired) electrons. The van der Waals surface area contributed by atoms with Crippen LogP contribution in [0.2, 0.25) is 46.2 Å². The van der Waals surface area contributed by atoms with Gasteiger partial charge in [0.15, 0.2) is 5.75 Å². The number of rotatable bonds is 26. The van der Waals surface area contributed by atoms with E-state index in [-0.39, 0.29) is 82.1 Å². The second kappa shape index (κ2) is 24.4. The Balaban J connectivity index is 2.09. The van der Waals surface area contributed by atoms with Gasteiger partial charge in [0.2, 0.25) is 0 Å². The molecule has 292 valence electrons. The van der Waals surface area contributed by atoms with Crippen LogP contribution in [0.3, 0.4) is 0 Å². The van der Waals surface area contributed by atoms with Gasteiger partial charge in [0, 0.05) is 70.0 Å². The van der Waals surface area contributed by atoms with E-state index < -0.39 is 17.6 Å².